The third-order valence-electron chi connectivity index (χ3n) is 3.24. The molecule has 1 N–H and O–H groups in total. The molecule has 2 rings (SSSR count). The van der Waals surface area contributed by atoms with Gasteiger partial charge in [0.2, 0.25) is 11.8 Å². The van der Waals surface area contributed by atoms with Crippen molar-refractivity contribution in [2.45, 2.75) is 0 Å². The Labute approximate surface area is 139 Å². The summed E-state index contributed by atoms with van der Waals surface area (Å²) in [6, 6.07) is 8.46. The smallest absolute Gasteiger partial charge is 0.261 e. The summed E-state index contributed by atoms with van der Waals surface area (Å²) in [4.78, 5) is 25.7. The SMILES string of the molecule is COc1nn(C)cc1C(=O)N(C)CC(=O)Nc1ccc(C#N)cc1. The summed E-state index contributed by atoms with van der Waals surface area (Å²) in [6.45, 7) is -0.128. The zero-order valence-electron chi connectivity index (χ0n) is 13.6. The first-order valence-corrected chi connectivity index (χ1v) is 7.07. The molecule has 0 radical (unpaired) electrons. The number of hydrogen-bond acceptors (Lipinski definition) is 5. The number of hydrogen-bond donors (Lipinski definition) is 1. The second-order valence-electron chi connectivity index (χ2n) is 5.12. The van der Waals surface area contributed by atoms with E-state index in [-0.39, 0.29) is 29.8 Å². The first-order valence-electron chi connectivity index (χ1n) is 7.07. The summed E-state index contributed by atoms with van der Waals surface area (Å²) in [5.74, 6) is -0.504. The van der Waals surface area contributed by atoms with Gasteiger partial charge in [0.15, 0.2) is 0 Å². The quantitative estimate of drug-likeness (QED) is 0.883. The van der Waals surface area contributed by atoms with Gasteiger partial charge in [0.25, 0.3) is 5.91 Å². The molecule has 0 aliphatic rings. The number of anilines is 1. The molecule has 2 amide bonds. The third kappa shape index (κ3) is 3.89. The fraction of sp³-hybridized carbons (Fsp3) is 0.250. The summed E-state index contributed by atoms with van der Waals surface area (Å²) in [5, 5.41) is 15.4. The van der Waals surface area contributed by atoms with E-state index in [4.69, 9.17) is 10.00 Å². The molecule has 0 atom stereocenters. The van der Waals surface area contributed by atoms with Crippen LogP contribution in [0.15, 0.2) is 30.5 Å². The molecule has 0 spiro atoms. The normalized spacial score (nSPS) is 9.92. The molecular weight excluding hydrogens is 310 g/mol. The molecule has 0 aliphatic heterocycles. The van der Waals surface area contributed by atoms with Crippen LogP contribution in [-0.4, -0.2) is 47.2 Å². The van der Waals surface area contributed by atoms with Crippen molar-refractivity contribution in [3.05, 3.63) is 41.6 Å². The third-order valence-corrected chi connectivity index (χ3v) is 3.24. The molecule has 8 nitrogen and oxygen atoms in total. The molecular formula is C16H17N5O3. The largest absolute Gasteiger partial charge is 0.479 e. The molecule has 0 fully saturated rings. The van der Waals surface area contributed by atoms with Gasteiger partial charge in [-0.1, -0.05) is 0 Å². The van der Waals surface area contributed by atoms with Crippen LogP contribution in [0.3, 0.4) is 0 Å². The molecule has 8 heteroatoms. The van der Waals surface area contributed by atoms with Crippen LogP contribution in [0.25, 0.3) is 0 Å². The number of ether oxygens (including phenoxy) is 1. The van der Waals surface area contributed by atoms with Crippen molar-refractivity contribution in [3.8, 4) is 11.9 Å². The zero-order valence-corrected chi connectivity index (χ0v) is 13.6. The molecule has 1 aromatic heterocycles. The Bertz CT molecular complexity index is 789. The van der Waals surface area contributed by atoms with Crippen molar-refractivity contribution in [1.29, 1.82) is 5.26 Å². The maximum atomic E-state index is 12.4. The minimum atomic E-state index is -0.366. The number of aromatic nitrogens is 2. The summed E-state index contributed by atoms with van der Waals surface area (Å²) < 4.78 is 6.52. The van der Waals surface area contributed by atoms with Crippen LogP contribution in [0.4, 0.5) is 5.69 Å². The van der Waals surface area contributed by atoms with Crippen LogP contribution in [0.1, 0.15) is 15.9 Å². The predicted octanol–water partition coefficient (Wildman–Crippen LogP) is 1.01. The Morgan fingerprint density at radius 1 is 1.38 bits per heavy atom. The average Bonchev–Trinajstić information content (AvgIpc) is 2.95. The average molecular weight is 327 g/mol. The van der Waals surface area contributed by atoms with Crippen LogP contribution >= 0.6 is 0 Å². The molecule has 0 saturated carbocycles. The Kier molecular flexibility index (Phi) is 5.16. The highest BCUT2D eigenvalue weighted by atomic mass is 16.5. The van der Waals surface area contributed by atoms with Crippen molar-refractivity contribution in [2.24, 2.45) is 7.05 Å². The molecule has 0 bridgehead atoms. The first-order chi connectivity index (χ1) is 11.4. The number of methoxy groups -OCH3 is 1. The minimum absolute atomic E-state index is 0.128. The number of nitrogens with zero attached hydrogens (tertiary/aromatic N) is 4. The minimum Gasteiger partial charge on any atom is -0.479 e. The van der Waals surface area contributed by atoms with Crippen molar-refractivity contribution in [1.82, 2.24) is 14.7 Å². The van der Waals surface area contributed by atoms with E-state index in [1.165, 1.54) is 29.9 Å². The van der Waals surface area contributed by atoms with E-state index in [9.17, 15) is 9.59 Å². The Hall–Kier alpha value is -3.34. The molecule has 1 heterocycles. The van der Waals surface area contributed by atoms with Crippen LogP contribution in [-0.2, 0) is 11.8 Å². The van der Waals surface area contributed by atoms with Gasteiger partial charge in [-0.25, -0.2) is 0 Å². The number of benzene rings is 1. The summed E-state index contributed by atoms with van der Waals surface area (Å²) in [5.41, 5.74) is 1.34. The maximum absolute atomic E-state index is 12.4. The van der Waals surface area contributed by atoms with E-state index >= 15 is 0 Å². The van der Waals surface area contributed by atoms with Crippen molar-refractivity contribution >= 4 is 17.5 Å². The number of aryl methyl sites for hydroxylation is 1. The predicted molar refractivity (Wildman–Crippen MR) is 86.5 cm³/mol. The number of carbonyl (C=O) groups excluding carboxylic acids is 2. The van der Waals surface area contributed by atoms with E-state index in [0.29, 0.717) is 11.3 Å². The highest BCUT2D eigenvalue weighted by Crippen LogP contribution is 2.16. The van der Waals surface area contributed by atoms with Crippen LogP contribution in [0, 0.1) is 11.3 Å². The second-order valence-corrected chi connectivity index (χ2v) is 5.12. The van der Waals surface area contributed by atoms with E-state index in [0.717, 1.165) is 0 Å². The molecule has 2 aromatic rings. The zero-order chi connectivity index (χ0) is 17.7. The molecule has 0 unspecified atom stereocenters. The van der Waals surface area contributed by atoms with Gasteiger partial charge in [-0.3, -0.25) is 14.3 Å². The highest BCUT2D eigenvalue weighted by molar-refractivity contribution is 6.00. The lowest BCUT2D eigenvalue weighted by atomic mass is 10.2. The fourth-order valence-corrected chi connectivity index (χ4v) is 2.09. The lowest BCUT2D eigenvalue weighted by Gasteiger charge is -2.16. The maximum Gasteiger partial charge on any atom is 0.261 e. The molecule has 1 aromatic carbocycles. The number of amides is 2. The van der Waals surface area contributed by atoms with Crippen molar-refractivity contribution in [3.63, 3.8) is 0 Å². The molecule has 24 heavy (non-hydrogen) atoms. The van der Waals surface area contributed by atoms with Gasteiger partial charge in [0.05, 0.1) is 25.3 Å². The van der Waals surface area contributed by atoms with Gasteiger partial charge in [-0.15, -0.1) is 5.10 Å². The number of rotatable bonds is 5. The van der Waals surface area contributed by atoms with Gasteiger partial charge in [0.1, 0.15) is 5.56 Å². The summed E-state index contributed by atoms with van der Waals surface area (Å²) >= 11 is 0. The van der Waals surface area contributed by atoms with Crippen LogP contribution in [0.2, 0.25) is 0 Å². The monoisotopic (exact) mass is 327 g/mol. The highest BCUT2D eigenvalue weighted by Gasteiger charge is 2.21. The summed E-state index contributed by atoms with van der Waals surface area (Å²) in [6.07, 6.45) is 1.54. The van der Waals surface area contributed by atoms with E-state index in [2.05, 4.69) is 10.4 Å². The van der Waals surface area contributed by atoms with Gasteiger partial charge in [-0.05, 0) is 24.3 Å². The van der Waals surface area contributed by atoms with E-state index < -0.39 is 0 Å². The number of carbonyl (C=O) groups is 2. The fourth-order valence-electron chi connectivity index (χ4n) is 2.09. The summed E-state index contributed by atoms with van der Waals surface area (Å²) in [7, 11) is 4.63. The van der Waals surface area contributed by atoms with Crippen molar-refractivity contribution in [2.75, 3.05) is 26.0 Å². The first kappa shape index (κ1) is 17.0. The van der Waals surface area contributed by atoms with Crippen molar-refractivity contribution < 1.29 is 14.3 Å². The van der Waals surface area contributed by atoms with Gasteiger partial charge in [0, 0.05) is 26.0 Å². The Balaban J connectivity index is 1.99. The van der Waals surface area contributed by atoms with Gasteiger partial charge >= 0.3 is 0 Å². The molecule has 0 aliphatic carbocycles. The van der Waals surface area contributed by atoms with E-state index in [1.54, 1.807) is 31.3 Å². The number of nitriles is 1. The lowest BCUT2D eigenvalue weighted by Crippen LogP contribution is -2.35. The molecule has 124 valence electrons. The Morgan fingerprint density at radius 2 is 2.04 bits per heavy atom. The van der Waals surface area contributed by atoms with Gasteiger partial charge < -0.3 is 15.0 Å². The Morgan fingerprint density at radius 3 is 2.62 bits per heavy atom. The van der Waals surface area contributed by atoms with Gasteiger partial charge in [-0.2, -0.15) is 5.26 Å². The standard InChI is InChI=1S/C16H17N5O3/c1-20(16(23)13-9-21(2)19-15(13)24-3)10-14(22)18-12-6-4-11(8-17)5-7-12/h4-7,9H,10H2,1-3H3,(H,18,22). The number of nitrogens with one attached hydrogen (secondary N) is 1. The second kappa shape index (κ2) is 7.28. The van der Waals surface area contributed by atoms with E-state index in [1.807, 2.05) is 6.07 Å². The molecule has 0 saturated heterocycles. The van der Waals surface area contributed by atoms with Crippen LogP contribution in [0.5, 0.6) is 5.88 Å². The topological polar surface area (TPSA) is 100 Å². The number of likely N-dealkylation sites (N-methyl/N-ethyl adjacent to an activating group) is 1. The van der Waals surface area contributed by atoms with Crippen LogP contribution < -0.4 is 10.1 Å². The lowest BCUT2D eigenvalue weighted by molar-refractivity contribution is -0.116.